The summed E-state index contributed by atoms with van der Waals surface area (Å²) in [4.78, 5) is 4.44. The van der Waals surface area contributed by atoms with Crippen molar-refractivity contribution < 1.29 is 13.5 Å². The predicted octanol–water partition coefficient (Wildman–Crippen LogP) is 4.72. The Morgan fingerprint density at radius 2 is 2.04 bits per heavy atom. The fourth-order valence-electron chi connectivity index (χ4n) is 2.47. The maximum atomic E-state index is 13.9. The number of aromatic nitrogens is 3. The lowest BCUT2D eigenvalue weighted by Crippen LogP contribution is -1.94. The van der Waals surface area contributed by atoms with Crippen molar-refractivity contribution in [3.63, 3.8) is 0 Å². The van der Waals surface area contributed by atoms with Crippen molar-refractivity contribution in [1.82, 2.24) is 15.2 Å². The molecule has 2 heterocycles. The van der Waals surface area contributed by atoms with Gasteiger partial charge < -0.3 is 10.1 Å². The molecule has 0 aliphatic carbocycles. The van der Waals surface area contributed by atoms with E-state index >= 15 is 0 Å². The monoisotopic (exact) mass is 358 g/mol. The molecule has 0 unspecified atom stereocenters. The molecule has 4 aromatic rings. The van der Waals surface area contributed by atoms with Crippen molar-refractivity contribution in [1.29, 1.82) is 0 Å². The summed E-state index contributed by atoms with van der Waals surface area (Å²) in [6.45, 7) is 0. The first-order chi connectivity index (χ1) is 12.1. The molecular weight excluding hydrogens is 346 g/mol. The number of anilines is 2. The molecule has 0 saturated heterocycles. The number of fused-ring (bicyclic) bond motifs is 1. The number of aromatic amines is 1. The molecule has 126 valence electrons. The molecule has 0 saturated carbocycles. The number of nitrogens with zero attached hydrogens (tertiary/aromatic N) is 2. The summed E-state index contributed by atoms with van der Waals surface area (Å²) in [5.74, 6) is -0.0467. The summed E-state index contributed by atoms with van der Waals surface area (Å²) >= 11 is 1.33. The largest absolute Gasteiger partial charge is 0.494 e. The number of halogens is 2. The Hall–Kier alpha value is -3.00. The van der Waals surface area contributed by atoms with E-state index in [1.807, 2.05) is 0 Å². The Morgan fingerprint density at radius 3 is 2.80 bits per heavy atom. The van der Waals surface area contributed by atoms with E-state index in [4.69, 9.17) is 4.74 Å². The van der Waals surface area contributed by atoms with Gasteiger partial charge in [0.05, 0.1) is 29.2 Å². The first-order valence-corrected chi connectivity index (χ1v) is 8.16. The van der Waals surface area contributed by atoms with Gasteiger partial charge in [-0.2, -0.15) is 5.10 Å². The van der Waals surface area contributed by atoms with Crippen LogP contribution in [0, 0.1) is 11.6 Å². The second-order valence-corrected chi connectivity index (χ2v) is 6.29. The zero-order valence-electron chi connectivity index (χ0n) is 13.0. The fraction of sp³-hybridized carbons (Fsp3) is 0.0588. The van der Waals surface area contributed by atoms with Crippen LogP contribution in [0.15, 0.2) is 42.6 Å². The smallest absolute Gasteiger partial charge is 0.167 e. The molecule has 0 amide bonds. The number of benzene rings is 2. The Labute approximate surface area is 145 Å². The lowest BCUT2D eigenvalue weighted by molar-refractivity contribution is 0.387. The molecule has 0 fully saturated rings. The van der Waals surface area contributed by atoms with Gasteiger partial charge in [0.1, 0.15) is 16.6 Å². The second-order valence-electron chi connectivity index (χ2n) is 5.26. The van der Waals surface area contributed by atoms with Crippen LogP contribution in [0.3, 0.4) is 0 Å². The number of hydrogen-bond donors (Lipinski definition) is 2. The third kappa shape index (κ3) is 2.91. The average molecular weight is 358 g/mol. The van der Waals surface area contributed by atoms with Crippen molar-refractivity contribution >= 4 is 33.1 Å². The molecule has 0 aliphatic rings. The van der Waals surface area contributed by atoms with E-state index in [-0.39, 0.29) is 11.6 Å². The van der Waals surface area contributed by atoms with Crippen LogP contribution in [0.5, 0.6) is 5.75 Å². The van der Waals surface area contributed by atoms with Crippen molar-refractivity contribution in [2.45, 2.75) is 0 Å². The lowest BCUT2D eigenvalue weighted by Gasteiger charge is -2.08. The SMILES string of the molecule is COc1cc2sc(-c3cc(F)ccc3Nc3ccn[nH]3)nc2cc1F. The summed E-state index contributed by atoms with van der Waals surface area (Å²) in [6, 6.07) is 9.04. The van der Waals surface area contributed by atoms with Crippen molar-refractivity contribution in [3.8, 4) is 16.3 Å². The number of hydrogen-bond acceptors (Lipinski definition) is 5. The van der Waals surface area contributed by atoms with Gasteiger partial charge in [-0.15, -0.1) is 11.3 Å². The van der Waals surface area contributed by atoms with Gasteiger partial charge in [-0.05, 0) is 18.2 Å². The summed E-state index contributed by atoms with van der Waals surface area (Å²) < 4.78 is 33.4. The van der Waals surface area contributed by atoms with Crippen LogP contribution in [0.4, 0.5) is 20.3 Å². The Balaban J connectivity index is 1.83. The van der Waals surface area contributed by atoms with Crippen LogP contribution in [0.1, 0.15) is 0 Å². The number of ether oxygens (including phenoxy) is 1. The van der Waals surface area contributed by atoms with Gasteiger partial charge in [-0.1, -0.05) is 0 Å². The van der Waals surface area contributed by atoms with Crippen LogP contribution in [-0.2, 0) is 0 Å². The van der Waals surface area contributed by atoms with E-state index in [0.29, 0.717) is 27.6 Å². The summed E-state index contributed by atoms with van der Waals surface area (Å²) in [6.07, 6.45) is 1.61. The van der Waals surface area contributed by atoms with E-state index in [1.165, 1.54) is 36.6 Å². The first-order valence-electron chi connectivity index (χ1n) is 7.34. The summed E-state index contributed by atoms with van der Waals surface area (Å²) in [5, 5.41) is 10.4. The van der Waals surface area contributed by atoms with Crippen LogP contribution < -0.4 is 10.1 Å². The molecule has 25 heavy (non-hydrogen) atoms. The van der Waals surface area contributed by atoms with Gasteiger partial charge in [-0.3, -0.25) is 5.10 Å². The van der Waals surface area contributed by atoms with Gasteiger partial charge in [0.15, 0.2) is 11.6 Å². The fourth-order valence-corrected chi connectivity index (χ4v) is 3.48. The van der Waals surface area contributed by atoms with Gasteiger partial charge in [0, 0.05) is 23.8 Å². The highest BCUT2D eigenvalue weighted by molar-refractivity contribution is 7.21. The van der Waals surface area contributed by atoms with E-state index in [0.717, 1.165) is 4.70 Å². The molecule has 2 N–H and O–H groups in total. The molecule has 0 radical (unpaired) electrons. The number of thiazole rings is 1. The number of nitrogens with one attached hydrogen (secondary N) is 2. The maximum absolute atomic E-state index is 13.9. The molecule has 2 aromatic heterocycles. The predicted molar refractivity (Wildman–Crippen MR) is 93.4 cm³/mol. The normalized spacial score (nSPS) is 11.0. The number of H-pyrrole nitrogens is 1. The Kier molecular flexibility index (Phi) is 3.81. The molecule has 0 aliphatic heterocycles. The minimum absolute atomic E-state index is 0.151. The highest BCUT2D eigenvalue weighted by atomic mass is 32.1. The quantitative estimate of drug-likeness (QED) is 0.554. The van der Waals surface area contributed by atoms with Crippen molar-refractivity contribution in [2.24, 2.45) is 0 Å². The van der Waals surface area contributed by atoms with E-state index in [1.54, 1.807) is 24.4 Å². The highest BCUT2D eigenvalue weighted by Gasteiger charge is 2.15. The van der Waals surface area contributed by atoms with Crippen LogP contribution in [-0.4, -0.2) is 22.3 Å². The molecule has 0 bridgehead atoms. The minimum atomic E-state index is -0.484. The molecule has 4 rings (SSSR count). The third-order valence-electron chi connectivity index (χ3n) is 3.64. The summed E-state index contributed by atoms with van der Waals surface area (Å²) in [7, 11) is 1.41. The number of rotatable bonds is 4. The lowest BCUT2D eigenvalue weighted by atomic mass is 10.1. The zero-order chi connectivity index (χ0) is 17.4. The Morgan fingerprint density at radius 1 is 1.16 bits per heavy atom. The van der Waals surface area contributed by atoms with E-state index in [2.05, 4.69) is 20.5 Å². The van der Waals surface area contributed by atoms with Crippen LogP contribution in [0.2, 0.25) is 0 Å². The topological polar surface area (TPSA) is 62.8 Å². The first kappa shape index (κ1) is 15.5. The van der Waals surface area contributed by atoms with E-state index in [9.17, 15) is 8.78 Å². The standard InChI is InChI=1S/C17H12F2N4OS/c1-24-14-8-15-13(7-11(14)19)22-17(25-15)10-6-9(18)2-3-12(10)21-16-4-5-20-23-16/h2-8H,1H3,(H2,20,21,23). The second kappa shape index (κ2) is 6.14. The molecule has 5 nitrogen and oxygen atoms in total. The van der Waals surface area contributed by atoms with Crippen molar-refractivity contribution in [2.75, 3.05) is 12.4 Å². The van der Waals surface area contributed by atoms with E-state index < -0.39 is 5.82 Å². The van der Waals surface area contributed by atoms with Crippen LogP contribution in [0.25, 0.3) is 20.8 Å². The maximum Gasteiger partial charge on any atom is 0.167 e. The van der Waals surface area contributed by atoms with Gasteiger partial charge in [0.25, 0.3) is 0 Å². The third-order valence-corrected chi connectivity index (χ3v) is 4.70. The van der Waals surface area contributed by atoms with Crippen LogP contribution >= 0.6 is 11.3 Å². The van der Waals surface area contributed by atoms with Gasteiger partial charge in [-0.25, -0.2) is 13.8 Å². The highest BCUT2D eigenvalue weighted by Crippen LogP contribution is 2.37. The molecule has 8 heteroatoms. The van der Waals surface area contributed by atoms with Gasteiger partial charge in [0.2, 0.25) is 0 Å². The number of methoxy groups -OCH3 is 1. The molecule has 0 spiro atoms. The molecule has 0 atom stereocenters. The Bertz CT molecular complexity index is 1050. The molecule has 2 aromatic carbocycles. The van der Waals surface area contributed by atoms with Crippen molar-refractivity contribution in [3.05, 3.63) is 54.2 Å². The zero-order valence-corrected chi connectivity index (χ0v) is 13.8. The average Bonchev–Trinajstić information content (AvgIpc) is 3.24. The minimum Gasteiger partial charge on any atom is -0.494 e. The molecular formula is C17H12F2N4OS. The van der Waals surface area contributed by atoms with Gasteiger partial charge >= 0.3 is 0 Å². The summed E-state index contributed by atoms with van der Waals surface area (Å²) in [5.41, 5.74) is 1.74.